The summed E-state index contributed by atoms with van der Waals surface area (Å²) < 4.78 is 0. The van der Waals surface area contributed by atoms with E-state index in [1.807, 2.05) is 6.07 Å². The molecule has 0 saturated carbocycles. The van der Waals surface area contributed by atoms with Crippen LogP contribution in [-0.4, -0.2) is 47.1 Å². The third-order valence-electron chi connectivity index (χ3n) is 5.24. The van der Waals surface area contributed by atoms with E-state index in [0.717, 1.165) is 36.5 Å². The third-order valence-corrected chi connectivity index (χ3v) is 5.24. The number of rotatable bonds is 3. The van der Waals surface area contributed by atoms with E-state index in [4.69, 9.17) is 9.78 Å². The zero-order valence-electron chi connectivity index (χ0n) is 13.1. The summed E-state index contributed by atoms with van der Waals surface area (Å²) in [4.78, 5) is 15.1. The number of β-amino-alcohol motifs (C(OH)–C–C–N with tert-alkyl or cyclic N) is 1. The summed E-state index contributed by atoms with van der Waals surface area (Å²) in [5.41, 5.74) is 3.30. The minimum absolute atomic E-state index is 0.435. The second-order valence-corrected chi connectivity index (χ2v) is 6.64. The van der Waals surface area contributed by atoms with Crippen LogP contribution < -0.4 is 4.89 Å². The Kier molecular flexibility index (Phi) is 3.82. The maximum Gasteiger partial charge on any atom is 0.171 e. The van der Waals surface area contributed by atoms with Crippen LogP contribution in [0.5, 0.6) is 5.75 Å². The second kappa shape index (κ2) is 5.81. The molecule has 5 nitrogen and oxygen atoms in total. The van der Waals surface area contributed by atoms with Crippen molar-refractivity contribution >= 4 is 0 Å². The van der Waals surface area contributed by atoms with E-state index in [-0.39, 0.29) is 0 Å². The van der Waals surface area contributed by atoms with E-state index < -0.39 is 6.10 Å². The fourth-order valence-electron chi connectivity index (χ4n) is 4.09. The molecule has 4 rings (SSSR count). The van der Waals surface area contributed by atoms with Crippen LogP contribution in [-0.2, 0) is 18.0 Å². The van der Waals surface area contributed by atoms with Crippen molar-refractivity contribution in [1.82, 2.24) is 9.80 Å². The number of fused-ring (bicyclic) bond motifs is 2. The van der Waals surface area contributed by atoms with E-state index in [0.29, 0.717) is 19.2 Å². The maximum absolute atomic E-state index is 10.5. The quantitative estimate of drug-likeness (QED) is 0.864. The zero-order chi connectivity index (χ0) is 15.1. The lowest BCUT2D eigenvalue weighted by Crippen LogP contribution is -2.43. The first-order valence-corrected chi connectivity index (χ1v) is 8.34. The highest BCUT2D eigenvalue weighted by Gasteiger charge is 2.31. The Balaban J connectivity index is 1.51. The number of likely N-dealkylation sites (tertiary alicyclic amines) is 1. The first kappa shape index (κ1) is 14.5. The molecule has 3 aliphatic heterocycles. The minimum atomic E-state index is -0.435. The van der Waals surface area contributed by atoms with Crippen molar-refractivity contribution in [2.24, 2.45) is 0 Å². The molecule has 1 fully saturated rings. The Labute approximate surface area is 131 Å². The molecular formula is C17H24N2O3. The van der Waals surface area contributed by atoms with Crippen molar-refractivity contribution < 1.29 is 14.9 Å². The number of hydrogen-bond acceptors (Lipinski definition) is 5. The van der Waals surface area contributed by atoms with E-state index in [1.54, 1.807) is 0 Å². The Morgan fingerprint density at radius 3 is 3.09 bits per heavy atom. The number of hydrogen-bond donors (Lipinski definition) is 1. The molecule has 3 aliphatic rings. The van der Waals surface area contributed by atoms with Gasteiger partial charge in [-0.1, -0.05) is 6.92 Å². The summed E-state index contributed by atoms with van der Waals surface area (Å²) in [6.07, 6.45) is 2.14. The fraction of sp³-hybridized carbons (Fsp3) is 0.647. The van der Waals surface area contributed by atoms with Crippen molar-refractivity contribution in [3.05, 3.63) is 28.8 Å². The lowest BCUT2D eigenvalue weighted by molar-refractivity contribution is -0.194. The van der Waals surface area contributed by atoms with Crippen LogP contribution >= 0.6 is 0 Å². The van der Waals surface area contributed by atoms with Crippen LogP contribution in [0.4, 0.5) is 0 Å². The lowest BCUT2D eigenvalue weighted by atomic mass is 9.94. The molecule has 5 heteroatoms. The Morgan fingerprint density at radius 1 is 1.32 bits per heavy atom. The highest BCUT2D eigenvalue weighted by atomic mass is 17.2. The Bertz CT molecular complexity index is 563. The average Bonchev–Trinajstić information content (AvgIpc) is 3.13. The molecule has 0 aliphatic carbocycles. The van der Waals surface area contributed by atoms with Crippen LogP contribution in [0, 0.1) is 0 Å². The predicted octanol–water partition coefficient (Wildman–Crippen LogP) is 1.84. The number of likely N-dealkylation sites (N-methyl/N-ethyl adjacent to an activating group) is 1. The van der Waals surface area contributed by atoms with Crippen molar-refractivity contribution in [2.45, 2.75) is 45.1 Å². The smallest absolute Gasteiger partial charge is 0.171 e. The molecule has 120 valence electrons. The summed E-state index contributed by atoms with van der Waals surface area (Å²) in [7, 11) is 0. The second-order valence-electron chi connectivity index (χ2n) is 6.64. The van der Waals surface area contributed by atoms with Crippen molar-refractivity contribution in [3.63, 3.8) is 0 Å². The number of aliphatic hydroxyl groups is 1. The molecule has 0 radical (unpaired) electrons. The summed E-state index contributed by atoms with van der Waals surface area (Å²) in [6.45, 7) is 7.76. The number of benzene rings is 1. The van der Waals surface area contributed by atoms with Gasteiger partial charge in [0.2, 0.25) is 0 Å². The maximum atomic E-state index is 10.5. The van der Waals surface area contributed by atoms with Gasteiger partial charge < -0.3 is 9.99 Å². The van der Waals surface area contributed by atoms with Gasteiger partial charge in [0, 0.05) is 31.2 Å². The third kappa shape index (κ3) is 2.52. The standard InChI is InChI=1S/C17H24N2O3/c1-2-19-5-3-4-14(19)9-18-8-12-6-13-11-21-22-17(13)7-15(12)16(20)10-18/h6-7,14,16,20H,2-5,8-11H2,1H3. The molecule has 0 bridgehead atoms. The molecule has 1 aromatic rings. The lowest BCUT2D eigenvalue weighted by Gasteiger charge is -2.36. The van der Waals surface area contributed by atoms with Gasteiger partial charge in [-0.25, -0.2) is 0 Å². The van der Waals surface area contributed by atoms with Crippen molar-refractivity contribution in [3.8, 4) is 5.75 Å². The highest BCUT2D eigenvalue weighted by molar-refractivity contribution is 5.45. The van der Waals surface area contributed by atoms with Gasteiger partial charge in [-0.05, 0) is 49.2 Å². The summed E-state index contributed by atoms with van der Waals surface area (Å²) in [5.74, 6) is 0.763. The Morgan fingerprint density at radius 2 is 2.23 bits per heavy atom. The molecule has 3 heterocycles. The molecule has 0 spiro atoms. The molecule has 2 unspecified atom stereocenters. The van der Waals surface area contributed by atoms with Gasteiger partial charge >= 0.3 is 0 Å². The van der Waals surface area contributed by atoms with Crippen molar-refractivity contribution in [2.75, 3.05) is 26.2 Å². The van der Waals surface area contributed by atoms with Crippen LogP contribution in [0.1, 0.15) is 42.6 Å². The fourth-order valence-corrected chi connectivity index (χ4v) is 4.09. The minimum Gasteiger partial charge on any atom is -0.387 e. The van der Waals surface area contributed by atoms with Gasteiger partial charge in [-0.15, -0.1) is 0 Å². The molecule has 1 N–H and O–H groups in total. The summed E-state index contributed by atoms with van der Waals surface area (Å²) >= 11 is 0. The predicted molar refractivity (Wildman–Crippen MR) is 82.4 cm³/mol. The van der Waals surface area contributed by atoms with Crippen LogP contribution in [0.25, 0.3) is 0 Å². The van der Waals surface area contributed by atoms with Crippen LogP contribution in [0.15, 0.2) is 12.1 Å². The van der Waals surface area contributed by atoms with Crippen molar-refractivity contribution in [1.29, 1.82) is 0 Å². The monoisotopic (exact) mass is 304 g/mol. The molecule has 22 heavy (non-hydrogen) atoms. The van der Waals surface area contributed by atoms with Gasteiger partial charge in [0.1, 0.15) is 6.61 Å². The normalized spacial score (nSPS) is 28.5. The Hall–Kier alpha value is -1.14. The van der Waals surface area contributed by atoms with E-state index in [2.05, 4.69) is 22.8 Å². The average molecular weight is 304 g/mol. The van der Waals surface area contributed by atoms with Gasteiger partial charge in [0.15, 0.2) is 5.75 Å². The van der Waals surface area contributed by atoms with Gasteiger partial charge in [0.25, 0.3) is 0 Å². The van der Waals surface area contributed by atoms with Gasteiger partial charge in [0.05, 0.1) is 6.10 Å². The SMILES string of the molecule is CCN1CCCC1CN1Cc2cc3c(cc2C(O)C1)OOC3. The highest BCUT2D eigenvalue weighted by Crippen LogP contribution is 2.36. The van der Waals surface area contributed by atoms with Gasteiger partial charge in [-0.2, -0.15) is 4.89 Å². The van der Waals surface area contributed by atoms with Gasteiger partial charge in [-0.3, -0.25) is 9.80 Å². The number of aliphatic hydroxyl groups excluding tert-OH is 1. The zero-order valence-corrected chi connectivity index (χ0v) is 13.1. The molecule has 2 atom stereocenters. The van der Waals surface area contributed by atoms with E-state index in [1.165, 1.54) is 24.9 Å². The molecule has 1 aromatic carbocycles. The first-order chi connectivity index (χ1) is 10.7. The van der Waals surface area contributed by atoms with E-state index in [9.17, 15) is 5.11 Å². The largest absolute Gasteiger partial charge is 0.387 e. The number of nitrogens with zero attached hydrogens (tertiary/aromatic N) is 2. The topological polar surface area (TPSA) is 45.2 Å². The molecular weight excluding hydrogens is 280 g/mol. The van der Waals surface area contributed by atoms with E-state index >= 15 is 0 Å². The first-order valence-electron chi connectivity index (χ1n) is 8.34. The molecule has 1 saturated heterocycles. The summed E-state index contributed by atoms with van der Waals surface area (Å²) in [6, 6.07) is 4.73. The summed E-state index contributed by atoms with van der Waals surface area (Å²) in [5, 5.41) is 10.5. The molecule has 0 aromatic heterocycles. The molecule has 0 amide bonds. The van der Waals surface area contributed by atoms with Crippen LogP contribution in [0.2, 0.25) is 0 Å². The van der Waals surface area contributed by atoms with Crippen LogP contribution in [0.3, 0.4) is 0 Å².